The van der Waals surface area contributed by atoms with Crippen LogP contribution in [0.1, 0.15) is 47.4 Å². The van der Waals surface area contributed by atoms with Crippen molar-refractivity contribution in [3.05, 3.63) is 70.9 Å². The molecule has 0 bridgehead atoms. The standard InChI is InChI=1S/C24H26N4O/c1-15-10-11-18(16(2)12-15)26-22-21-19(13-24(3,4)14-20(21)29)27-23(28-22)25-17-8-6-5-7-9-17/h5-12H,13-14H2,1-4H3,(H2,25,26,27,28). The summed E-state index contributed by atoms with van der Waals surface area (Å²) in [6.07, 6.45) is 1.23. The first-order valence-corrected chi connectivity index (χ1v) is 9.91. The second-order valence-corrected chi connectivity index (χ2v) is 8.59. The lowest BCUT2D eigenvalue weighted by Gasteiger charge is -2.30. The molecule has 1 aliphatic rings. The van der Waals surface area contributed by atoms with Crippen LogP contribution in [0.15, 0.2) is 48.5 Å². The highest BCUT2D eigenvalue weighted by Crippen LogP contribution is 2.38. The van der Waals surface area contributed by atoms with E-state index in [1.54, 1.807) is 0 Å². The van der Waals surface area contributed by atoms with Gasteiger partial charge >= 0.3 is 0 Å². The molecular formula is C24H26N4O. The summed E-state index contributed by atoms with van der Waals surface area (Å²) in [6.45, 7) is 8.34. The van der Waals surface area contributed by atoms with E-state index in [2.05, 4.69) is 55.4 Å². The number of aryl methyl sites for hydroxylation is 2. The van der Waals surface area contributed by atoms with E-state index < -0.39 is 0 Å². The van der Waals surface area contributed by atoms with E-state index in [4.69, 9.17) is 4.98 Å². The lowest BCUT2D eigenvalue weighted by Crippen LogP contribution is -2.29. The van der Waals surface area contributed by atoms with Gasteiger partial charge in [-0.3, -0.25) is 4.79 Å². The maximum atomic E-state index is 13.0. The van der Waals surface area contributed by atoms with Gasteiger partial charge in [-0.2, -0.15) is 4.98 Å². The van der Waals surface area contributed by atoms with Crippen molar-refractivity contribution >= 4 is 28.9 Å². The van der Waals surface area contributed by atoms with Crippen LogP contribution in [0.2, 0.25) is 0 Å². The third-order valence-electron chi connectivity index (χ3n) is 5.21. The summed E-state index contributed by atoms with van der Waals surface area (Å²) in [6, 6.07) is 16.0. The van der Waals surface area contributed by atoms with Gasteiger partial charge in [0.1, 0.15) is 5.82 Å². The van der Waals surface area contributed by atoms with E-state index in [0.29, 0.717) is 23.8 Å². The predicted molar refractivity (Wildman–Crippen MR) is 117 cm³/mol. The smallest absolute Gasteiger partial charge is 0.229 e. The molecule has 0 atom stereocenters. The molecule has 2 aromatic carbocycles. The normalized spacial score (nSPS) is 15.0. The monoisotopic (exact) mass is 386 g/mol. The number of aromatic nitrogens is 2. The zero-order valence-electron chi connectivity index (χ0n) is 17.3. The average Bonchev–Trinajstić information content (AvgIpc) is 2.63. The molecule has 0 saturated heterocycles. The third kappa shape index (κ3) is 4.14. The Hall–Kier alpha value is -3.21. The number of carbonyl (C=O) groups excluding carboxylic acids is 1. The van der Waals surface area contributed by atoms with E-state index in [1.807, 2.05) is 36.4 Å². The van der Waals surface area contributed by atoms with Crippen LogP contribution in [-0.4, -0.2) is 15.8 Å². The number of fused-ring (bicyclic) bond motifs is 1. The van der Waals surface area contributed by atoms with Crippen LogP contribution in [0.25, 0.3) is 0 Å². The summed E-state index contributed by atoms with van der Waals surface area (Å²) in [5.41, 5.74) is 5.46. The molecule has 1 heterocycles. The van der Waals surface area contributed by atoms with E-state index in [0.717, 1.165) is 29.1 Å². The first-order chi connectivity index (χ1) is 13.8. The summed E-state index contributed by atoms with van der Waals surface area (Å²) < 4.78 is 0. The summed E-state index contributed by atoms with van der Waals surface area (Å²) in [5.74, 6) is 1.16. The minimum atomic E-state index is -0.112. The minimum absolute atomic E-state index is 0.0924. The number of Topliss-reactive ketones (excluding diaryl/α,β-unsaturated/α-hetero) is 1. The number of benzene rings is 2. The second-order valence-electron chi connectivity index (χ2n) is 8.59. The molecule has 0 spiro atoms. The average molecular weight is 386 g/mol. The molecule has 0 unspecified atom stereocenters. The summed E-state index contributed by atoms with van der Waals surface area (Å²) in [4.78, 5) is 22.4. The number of hydrogen-bond donors (Lipinski definition) is 2. The van der Waals surface area contributed by atoms with Crippen LogP contribution in [0.3, 0.4) is 0 Å². The van der Waals surface area contributed by atoms with Crippen molar-refractivity contribution in [3.8, 4) is 0 Å². The Labute approximate surface area is 171 Å². The Morgan fingerprint density at radius 3 is 2.41 bits per heavy atom. The van der Waals surface area contributed by atoms with Crippen molar-refractivity contribution < 1.29 is 4.79 Å². The highest BCUT2D eigenvalue weighted by molar-refractivity contribution is 6.03. The van der Waals surface area contributed by atoms with Gasteiger partial charge in [0.05, 0.1) is 11.3 Å². The van der Waals surface area contributed by atoms with Crippen molar-refractivity contribution in [3.63, 3.8) is 0 Å². The minimum Gasteiger partial charge on any atom is -0.339 e. The van der Waals surface area contributed by atoms with Crippen LogP contribution in [0.5, 0.6) is 0 Å². The maximum absolute atomic E-state index is 13.0. The first kappa shape index (κ1) is 19.1. The van der Waals surface area contributed by atoms with Crippen molar-refractivity contribution in [2.45, 2.75) is 40.5 Å². The zero-order valence-corrected chi connectivity index (χ0v) is 17.3. The summed E-state index contributed by atoms with van der Waals surface area (Å²) in [5, 5.41) is 6.67. The van der Waals surface area contributed by atoms with Gasteiger partial charge in [0.15, 0.2) is 5.78 Å². The molecule has 5 heteroatoms. The Kier molecular flexibility index (Phi) is 4.82. The SMILES string of the molecule is Cc1ccc(Nc2nc(Nc3ccccc3)nc3c2C(=O)CC(C)(C)C3)c(C)c1. The molecule has 0 aliphatic heterocycles. The molecular weight excluding hydrogens is 360 g/mol. The number of anilines is 4. The van der Waals surface area contributed by atoms with Gasteiger partial charge in [0.2, 0.25) is 5.95 Å². The largest absolute Gasteiger partial charge is 0.339 e. The molecule has 4 rings (SSSR count). The zero-order chi connectivity index (χ0) is 20.6. The van der Waals surface area contributed by atoms with E-state index in [1.165, 1.54) is 5.56 Å². The number of rotatable bonds is 4. The van der Waals surface area contributed by atoms with Gasteiger partial charge in [-0.1, -0.05) is 49.7 Å². The number of para-hydroxylation sites is 1. The molecule has 1 aromatic heterocycles. The Bertz CT molecular complexity index is 1070. The van der Waals surface area contributed by atoms with Crippen molar-refractivity contribution in [1.29, 1.82) is 0 Å². The van der Waals surface area contributed by atoms with E-state index in [-0.39, 0.29) is 11.2 Å². The molecule has 0 amide bonds. The van der Waals surface area contributed by atoms with Crippen molar-refractivity contribution in [1.82, 2.24) is 9.97 Å². The number of nitrogens with one attached hydrogen (secondary N) is 2. The third-order valence-corrected chi connectivity index (χ3v) is 5.21. The Morgan fingerprint density at radius 1 is 0.931 bits per heavy atom. The molecule has 148 valence electrons. The molecule has 0 saturated carbocycles. The number of hydrogen-bond acceptors (Lipinski definition) is 5. The van der Waals surface area contributed by atoms with Crippen LogP contribution in [-0.2, 0) is 6.42 Å². The number of carbonyl (C=O) groups is 1. The van der Waals surface area contributed by atoms with Gasteiger partial charge < -0.3 is 10.6 Å². The number of nitrogens with zero attached hydrogens (tertiary/aromatic N) is 2. The van der Waals surface area contributed by atoms with Crippen LogP contribution < -0.4 is 10.6 Å². The molecule has 1 aliphatic carbocycles. The lowest BCUT2D eigenvalue weighted by molar-refractivity contribution is 0.0911. The van der Waals surface area contributed by atoms with Crippen molar-refractivity contribution in [2.24, 2.45) is 5.41 Å². The van der Waals surface area contributed by atoms with Crippen LogP contribution in [0.4, 0.5) is 23.1 Å². The fraction of sp³-hybridized carbons (Fsp3) is 0.292. The number of ketones is 1. The van der Waals surface area contributed by atoms with E-state index >= 15 is 0 Å². The molecule has 29 heavy (non-hydrogen) atoms. The maximum Gasteiger partial charge on any atom is 0.229 e. The topological polar surface area (TPSA) is 66.9 Å². The summed E-state index contributed by atoms with van der Waals surface area (Å²) in [7, 11) is 0. The molecule has 3 aromatic rings. The fourth-order valence-corrected chi connectivity index (χ4v) is 3.85. The van der Waals surface area contributed by atoms with Gasteiger partial charge in [0.25, 0.3) is 0 Å². The van der Waals surface area contributed by atoms with Crippen LogP contribution >= 0.6 is 0 Å². The van der Waals surface area contributed by atoms with Gasteiger partial charge in [0, 0.05) is 17.8 Å². The highest BCUT2D eigenvalue weighted by atomic mass is 16.1. The second kappa shape index (κ2) is 7.32. The van der Waals surface area contributed by atoms with Gasteiger partial charge in [-0.15, -0.1) is 0 Å². The molecule has 0 fully saturated rings. The lowest BCUT2D eigenvalue weighted by atomic mass is 9.75. The first-order valence-electron chi connectivity index (χ1n) is 9.91. The molecule has 5 nitrogen and oxygen atoms in total. The van der Waals surface area contributed by atoms with E-state index in [9.17, 15) is 4.79 Å². The fourth-order valence-electron chi connectivity index (χ4n) is 3.85. The van der Waals surface area contributed by atoms with Gasteiger partial charge in [-0.05, 0) is 49.4 Å². The molecule has 2 N–H and O–H groups in total. The quantitative estimate of drug-likeness (QED) is 0.599. The molecule has 0 radical (unpaired) electrons. The van der Waals surface area contributed by atoms with Crippen molar-refractivity contribution in [2.75, 3.05) is 10.6 Å². The predicted octanol–water partition coefficient (Wildman–Crippen LogP) is 5.74. The Morgan fingerprint density at radius 2 is 1.69 bits per heavy atom. The summed E-state index contributed by atoms with van der Waals surface area (Å²) >= 11 is 0. The van der Waals surface area contributed by atoms with Gasteiger partial charge in [-0.25, -0.2) is 4.98 Å². The Balaban J connectivity index is 1.79. The van der Waals surface area contributed by atoms with Crippen LogP contribution in [0, 0.1) is 19.3 Å². The highest BCUT2D eigenvalue weighted by Gasteiger charge is 2.35.